The lowest BCUT2D eigenvalue weighted by atomic mass is 10.4. The van der Waals surface area contributed by atoms with Gasteiger partial charge in [0, 0.05) is 5.75 Å². The zero-order valence-electron chi connectivity index (χ0n) is 11.4. The second-order valence-corrected chi connectivity index (χ2v) is 10.4. The Labute approximate surface area is 116 Å². The minimum atomic E-state index is -2.06. The van der Waals surface area contributed by atoms with E-state index in [4.69, 9.17) is 20.9 Å². The highest BCUT2D eigenvalue weighted by Gasteiger charge is 2.19. The van der Waals surface area contributed by atoms with Crippen molar-refractivity contribution in [2.45, 2.75) is 59.3 Å². The summed E-state index contributed by atoms with van der Waals surface area (Å²) < 4.78 is 11.7. The summed E-state index contributed by atoms with van der Waals surface area (Å²) in [4.78, 5) is 0. The summed E-state index contributed by atoms with van der Waals surface area (Å²) in [6.07, 6.45) is 6.82. The lowest BCUT2D eigenvalue weighted by molar-refractivity contribution is 0.253. The molecule has 0 fully saturated rings. The van der Waals surface area contributed by atoms with Crippen LogP contribution in [-0.2, 0) is 20.9 Å². The van der Waals surface area contributed by atoms with Gasteiger partial charge in [0.15, 0.2) is 0 Å². The van der Waals surface area contributed by atoms with Gasteiger partial charge in [-0.05, 0) is 31.1 Å². The van der Waals surface area contributed by atoms with Crippen LogP contribution in [0, 0.1) is 0 Å². The second-order valence-electron chi connectivity index (χ2n) is 4.01. The van der Waals surface area contributed by atoms with Gasteiger partial charge in [-0.25, -0.2) is 0 Å². The van der Waals surface area contributed by atoms with Crippen molar-refractivity contribution in [2.75, 3.05) is 19.0 Å². The van der Waals surface area contributed by atoms with Crippen LogP contribution in [0.3, 0.4) is 0 Å². The predicted molar refractivity (Wildman–Crippen MR) is 83.4 cm³/mol. The highest BCUT2D eigenvalue weighted by molar-refractivity contribution is 8.67. The van der Waals surface area contributed by atoms with E-state index in [1.54, 1.807) is 11.4 Å². The van der Waals surface area contributed by atoms with Crippen molar-refractivity contribution in [2.24, 2.45) is 0 Å². The van der Waals surface area contributed by atoms with Crippen LogP contribution in [-0.4, -0.2) is 19.0 Å². The first kappa shape index (κ1) is 17.9. The Bertz CT molecular complexity index is 179. The highest BCUT2D eigenvalue weighted by atomic mass is 32.9. The lowest BCUT2D eigenvalue weighted by Gasteiger charge is -2.21. The molecule has 0 heterocycles. The van der Waals surface area contributed by atoms with Gasteiger partial charge >= 0.3 is 0 Å². The van der Waals surface area contributed by atoms with E-state index in [2.05, 4.69) is 20.8 Å². The average Bonchev–Trinajstić information content (AvgIpc) is 2.30. The van der Waals surface area contributed by atoms with Crippen molar-refractivity contribution in [1.82, 2.24) is 0 Å². The smallest absolute Gasteiger partial charge is 0.247 e. The Morgan fingerprint density at radius 3 is 1.76 bits per heavy atom. The fourth-order valence-corrected chi connectivity index (χ4v) is 5.71. The summed E-state index contributed by atoms with van der Waals surface area (Å²) in [6.45, 7) is 8.02. The van der Waals surface area contributed by atoms with Crippen molar-refractivity contribution < 1.29 is 9.05 Å². The van der Waals surface area contributed by atoms with Crippen molar-refractivity contribution in [3.8, 4) is 0 Å². The van der Waals surface area contributed by atoms with Gasteiger partial charge in [-0.2, -0.15) is 0 Å². The van der Waals surface area contributed by atoms with Gasteiger partial charge in [-0.1, -0.05) is 51.4 Å². The number of unbranched alkanes of at least 4 members (excludes halogenated alkanes) is 3. The van der Waals surface area contributed by atoms with E-state index in [-0.39, 0.29) is 0 Å². The molecule has 0 saturated heterocycles. The Morgan fingerprint density at radius 1 is 0.882 bits per heavy atom. The van der Waals surface area contributed by atoms with Crippen LogP contribution >= 0.6 is 17.1 Å². The van der Waals surface area contributed by atoms with Crippen LogP contribution in [0.4, 0.5) is 0 Å². The molecule has 0 saturated carbocycles. The van der Waals surface area contributed by atoms with E-state index >= 15 is 0 Å². The molecule has 0 aromatic heterocycles. The van der Waals surface area contributed by atoms with Gasteiger partial charge in [-0.15, -0.1) is 0 Å². The molecule has 17 heavy (non-hydrogen) atoms. The van der Waals surface area contributed by atoms with Crippen molar-refractivity contribution >= 4 is 28.9 Å². The summed E-state index contributed by atoms with van der Waals surface area (Å²) in [5.41, 5.74) is -2.06. The third kappa shape index (κ3) is 10.5. The summed E-state index contributed by atoms with van der Waals surface area (Å²) >= 11 is 7.30. The molecule has 2 nitrogen and oxygen atoms in total. The Kier molecular flexibility index (Phi) is 12.6. The van der Waals surface area contributed by atoms with Crippen LogP contribution in [0.2, 0.25) is 0 Å². The minimum absolute atomic E-state index is 0.749. The summed E-state index contributed by atoms with van der Waals surface area (Å²) in [5, 5.41) is 0. The van der Waals surface area contributed by atoms with E-state index < -0.39 is 5.69 Å². The second kappa shape index (κ2) is 12.0. The summed E-state index contributed by atoms with van der Waals surface area (Å²) in [5.74, 6) is 1.06. The quantitative estimate of drug-likeness (QED) is 0.355. The maximum Gasteiger partial charge on any atom is 0.247 e. The summed E-state index contributed by atoms with van der Waals surface area (Å²) in [6, 6.07) is 0. The molecule has 104 valence electrons. The van der Waals surface area contributed by atoms with Gasteiger partial charge in [0.2, 0.25) is 5.69 Å². The van der Waals surface area contributed by atoms with E-state index in [0.29, 0.717) is 0 Å². The molecule has 0 rings (SSSR count). The largest absolute Gasteiger partial charge is 0.322 e. The standard InChI is InChI=1S/C12H27O2PS2/c1-4-7-10-13-15(16,14-11-8-5-2)17-12-9-6-3/h4-12H2,1-3H3. The Morgan fingerprint density at radius 2 is 1.35 bits per heavy atom. The third-order valence-corrected chi connectivity index (χ3v) is 7.74. The zero-order chi connectivity index (χ0) is 13.0. The molecule has 0 aromatic carbocycles. The predicted octanol–water partition coefficient (Wildman–Crippen LogP) is 5.38. The number of hydrogen-bond acceptors (Lipinski definition) is 4. The zero-order valence-corrected chi connectivity index (χ0v) is 14.0. The van der Waals surface area contributed by atoms with Crippen LogP contribution in [0.5, 0.6) is 0 Å². The Balaban J connectivity index is 4.00. The molecular formula is C12H27O2PS2. The monoisotopic (exact) mass is 298 g/mol. The molecule has 0 amide bonds. The molecule has 0 atom stereocenters. The molecule has 0 spiro atoms. The molecule has 0 radical (unpaired) electrons. The first-order valence-corrected chi connectivity index (χ1v) is 10.9. The van der Waals surface area contributed by atoms with Crippen LogP contribution in [0.15, 0.2) is 0 Å². The van der Waals surface area contributed by atoms with E-state index in [0.717, 1.165) is 44.6 Å². The highest BCUT2D eigenvalue weighted by Crippen LogP contribution is 2.61. The maximum absolute atomic E-state index is 5.83. The lowest BCUT2D eigenvalue weighted by Crippen LogP contribution is -1.97. The van der Waals surface area contributed by atoms with E-state index in [9.17, 15) is 0 Å². The first-order valence-electron chi connectivity index (χ1n) is 6.72. The Hall–Kier alpha value is 0.920. The van der Waals surface area contributed by atoms with Gasteiger partial charge in [-0.3, -0.25) is 0 Å². The fourth-order valence-electron chi connectivity index (χ4n) is 1.07. The maximum atomic E-state index is 5.83. The molecule has 0 unspecified atom stereocenters. The molecule has 0 aliphatic heterocycles. The fraction of sp³-hybridized carbons (Fsp3) is 1.00. The molecule has 0 aliphatic rings. The van der Waals surface area contributed by atoms with Gasteiger partial charge in [0.05, 0.1) is 13.2 Å². The van der Waals surface area contributed by atoms with Gasteiger partial charge in [0.1, 0.15) is 0 Å². The average molecular weight is 298 g/mol. The normalized spacial score (nSPS) is 11.9. The molecule has 0 aromatic rings. The van der Waals surface area contributed by atoms with Crippen LogP contribution in [0.25, 0.3) is 0 Å². The molecule has 0 bridgehead atoms. The van der Waals surface area contributed by atoms with Crippen LogP contribution in [0.1, 0.15) is 59.3 Å². The number of rotatable bonds is 12. The van der Waals surface area contributed by atoms with Crippen LogP contribution < -0.4 is 0 Å². The van der Waals surface area contributed by atoms with E-state index in [1.807, 2.05) is 0 Å². The minimum Gasteiger partial charge on any atom is -0.322 e. The summed E-state index contributed by atoms with van der Waals surface area (Å²) in [7, 11) is 0. The third-order valence-electron chi connectivity index (χ3n) is 2.24. The van der Waals surface area contributed by atoms with Crippen molar-refractivity contribution in [3.63, 3.8) is 0 Å². The SMILES string of the molecule is CCCCOP(=S)(OCCCC)SCCCC. The number of hydrogen-bond donors (Lipinski definition) is 0. The van der Waals surface area contributed by atoms with Crippen molar-refractivity contribution in [3.05, 3.63) is 0 Å². The first-order chi connectivity index (χ1) is 8.18. The van der Waals surface area contributed by atoms with E-state index in [1.165, 1.54) is 12.8 Å². The van der Waals surface area contributed by atoms with Gasteiger partial charge < -0.3 is 9.05 Å². The molecule has 0 N–H and O–H groups in total. The molecule has 5 heteroatoms. The van der Waals surface area contributed by atoms with Gasteiger partial charge in [0.25, 0.3) is 0 Å². The van der Waals surface area contributed by atoms with Crippen molar-refractivity contribution in [1.29, 1.82) is 0 Å². The topological polar surface area (TPSA) is 18.5 Å². The molecular weight excluding hydrogens is 271 g/mol. The molecule has 0 aliphatic carbocycles.